The second-order valence-electron chi connectivity index (χ2n) is 6.83. The number of H-pyrrole nitrogens is 1. The van der Waals surface area contributed by atoms with E-state index in [1.54, 1.807) is 29.5 Å². The first kappa shape index (κ1) is 27.5. The first-order chi connectivity index (χ1) is 17.0. The predicted molar refractivity (Wildman–Crippen MR) is 142 cm³/mol. The van der Waals surface area contributed by atoms with Crippen LogP contribution in [0.1, 0.15) is 49.4 Å². The molecule has 184 valence electrons. The van der Waals surface area contributed by atoms with Crippen LogP contribution in [0.2, 0.25) is 0 Å². The number of halogens is 1. The summed E-state index contributed by atoms with van der Waals surface area (Å²) in [5.74, 6) is -0.318. The molecule has 4 aromatic rings. The average molecular weight is 496 g/mol. The number of fused-ring (bicyclic) bond motifs is 2. The molecule has 0 bridgehead atoms. The standard InChI is InChI=1S/C14H10N2OS.C9H8FNO2.2C2H6/c17-14-13(8-7-10-4-3-9-18-10)15-11-5-1-2-6-12(11)16-14;10-8-3-1-2-6-4-11(9(12)13)5-7(6)8;2*1-2/h1-9H,(H,16,17);1-3H,4-5H2,(H,12,13);2*1-2H3/b8-7-;;;. The molecule has 8 heteroatoms. The Balaban J connectivity index is 0.000000225. The molecule has 0 saturated carbocycles. The minimum absolute atomic E-state index is 0.164. The Morgan fingerprint density at radius 2 is 1.77 bits per heavy atom. The lowest BCUT2D eigenvalue weighted by Gasteiger charge is -2.08. The van der Waals surface area contributed by atoms with E-state index in [1.165, 1.54) is 11.0 Å². The number of amides is 1. The van der Waals surface area contributed by atoms with Crippen LogP contribution in [0.15, 0.2) is 64.8 Å². The molecule has 5 rings (SSSR count). The van der Waals surface area contributed by atoms with Crippen molar-refractivity contribution in [3.05, 3.63) is 97.8 Å². The minimum Gasteiger partial charge on any atom is -0.465 e. The molecule has 0 atom stereocenters. The average Bonchev–Trinajstić information content (AvgIpc) is 3.57. The maximum atomic E-state index is 13.1. The van der Waals surface area contributed by atoms with Gasteiger partial charge in [-0.2, -0.15) is 0 Å². The van der Waals surface area contributed by atoms with E-state index in [1.807, 2.05) is 75.5 Å². The molecule has 1 aliphatic rings. The van der Waals surface area contributed by atoms with E-state index in [4.69, 9.17) is 5.11 Å². The van der Waals surface area contributed by atoms with Gasteiger partial charge in [-0.25, -0.2) is 14.2 Å². The van der Waals surface area contributed by atoms with Gasteiger partial charge in [-0.3, -0.25) is 9.69 Å². The monoisotopic (exact) mass is 495 g/mol. The number of carboxylic acid groups (broad SMARTS) is 1. The van der Waals surface area contributed by atoms with E-state index >= 15 is 0 Å². The molecule has 35 heavy (non-hydrogen) atoms. The van der Waals surface area contributed by atoms with Crippen molar-refractivity contribution >= 4 is 40.6 Å². The molecule has 6 nitrogen and oxygen atoms in total. The van der Waals surface area contributed by atoms with Crippen LogP contribution in [-0.4, -0.2) is 26.1 Å². The Labute approximate surface area is 208 Å². The van der Waals surface area contributed by atoms with Crippen LogP contribution >= 0.6 is 11.3 Å². The summed E-state index contributed by atoms with van der Waals surface area (Å²) >= 11 is 1.62. The molecule has 2 aromatic carbocycles. The lowest BCUT2D eigenvalue weighted by molar-refractivity contribution is 0.145. The first-order valence-corrected chi connectivity index (χ1v) is 12.3. The lowest BCUT2D eigenvalue weighted by Crippen LogP contribution is -2.22. The predicted octanol–water partition coefficient (Wildman–Crippen LogP) is 7.03. The van der Waals surface area contributed by atoms with Crippen LogP contribution in [0.5, 0.6) is 0 Å². The van der Waals surface area contributed by atoms with Crippen molar-refractivity contribution in [1.82, 2.24) is 14.9 Å². The molecule has 1 amide bonds. The molecular weight excluding hydrogens is 465 g/mol. The molecule has 0 fully saturated rings. The van der Waals surface area contributed by atoms with Crippen molar-refractivity contribution in [1.29, 1.82) is 0 Å². The molecule has 2 aromatic heterocycles. The Kier molecular flexibility index (Phi) is 10.8. The quantitative estimate of drug-likeness (QED) is 0.313. The van der Waals surface area contributed by atoms with Crippen LogP contribution in [0, 0.1) is 5.82 Å². The molecule has 1 aliphatic heterocycles. The number of aromatic nitrogens is 2. The van der Waals surface area contributed by atoms with Crippen molar-refractivity contribution < 1.29 is 14.3 Å². The molecule has 0 aliphatic carbocycles. The van der Waals surface area contributed by atoms with Gasteiger partial charge in [0.25, 0.3) is 5.56 Å². The van der Waals surface area contributed by atoms with Gasteiger partial charge in [-0.05, 0) is 47.4 Å². The second kappa shape index (κ2) is 13.8. The normalized spacial score (nSPS) is 11.5. The number of rotatable bonds is 2. The molecule has 0 radical (unpaired) electrons. The first-order valence-electron chi connectivity index (χ1n) is 11.5. The van der Waals surface area contributed by atoms with Gasteiger partial charge in [-0.15, -0.1) is 11.3 Å². The van der Waals surface area contributed by atoms with Gasteiger partial charge in [0.1, 0.15) is 11.5 Å². The van der Waals surface area contributed by atoms with E-state index in [0.29, 0.717) is 17.8 Å². The summed E-state index contributed by atoms with van der Waals surface area (Å²) in [5.41, 5.74) is 3.09. The maximum absolute atomic E-state index is 13.1. The maximum Gasteiger partial charge on any atom is 0.407 e. The highest BCUT2D eigenvalue weighted by Crippen LogP contribution is 2.24. The fourth-order valence-corrected chi connectivity index (χ4v) is 3.84. The van der Waals surface area contributed by atoms with Gasteiger partial charge in [0.15, 0.2) is 0 Å². The number of nitrogens with one attached hydrogen (secondary N) is 1. The summed E-state index contributed by atoms with van der Waals surface area (Å²) in [7, 11) is 0. The molecule has 0 saturated heterocycles. The second-order valence-corrected chi connectivity index (χ2v) is 7.81. The zero-order valence-corrected chi connectivity index (χ0v) is 21.1. The summed E-state index contributed by atoms with van der Waals surface area (Å²) in [6.45, 7) is 8.46. The van der Waals surface area contributed by atoms with Crippen LogP contribution in [0.3, 0.4) is 0 Å². The fourth-order valence-electron chi connectivity index (χ4n) is 3.22. The molecule has 0 spiro atoms. The van der Waals surface area contributed by atoms with E-state index in [0.717, 1.165) is 21.5 Å². The molecular formula is C27H30FN3O3S. The molecule has 2 N–H and O–H groups in total. The Morgan fingerprint density at radius 1 is 1.03 bits per heavy atom. The van der Waals surface area contributed by atoms with E-state index < -0.39 is 6.09 Å². The zero-order chi connectivity index (χ0) is 25.8. The van der Waals surface area contributed by atoms with Crippen LogP contribution in [0.25, 0.3) is 23.2 Å². The van der Waals surface area contributed by atoms with Crippen molar-refractivity contribution in [2.75, 3.05) is 0 Å². The number of hydrogen-bond donors (Lipinski definition) is 2. The van der Waals surface area contributed by atoms with Gasteiger partial charge >= 0.3 is 6.09 Å². The van der Waals surface area contributed by atoms with Crippen LogP contribution in [0.4, 0.5) is 9.18 Å². The SMILES string of the molecule is CC.CC.O=C(O)N1Cc2cccc(F)c2C1.O=c1[nH]c2ccccc2nc1/C=C\c1cccs1. The summed E-state index contributed by atoms with van der Waals surface area (Å²) in [4.78, 5) is 31.9. The van der Waals surface area contributed by atoms with Crippen molar-refractivity contribution in [2.45, 2.75) is 40.8 Å². The van der Waals surface area contributed by atoms with Gasteiger partial charge in [-0.1, -0.05) is 58.0 Å². The number of carbonyl (C=O) groups is 1. The summed E-state index contributed by atoms with van der Waals surface area (Å²) in [5, 5.41) is 10.7. The Hall–Kier alpha value is -3.78. The van der Waals surface area contributed by atoms with Crippen molar-refractivity contribution in [3.63, 3.8) is 0 Å². The summed E-state index contributed by atoms with van der Waals surface area (Å²) in [6.07, 6.45) is 2.64. The highest BCUT2D eigenvalue weighted by molar-refractivity contribution is 7.10. The van der Waals surface area contributed by atoms with E-state index in [9.17, 15) is 14.0 Å². The van der Waals surface area contributed by atoms with E-state index in [-0.39, 0.29) is 17.9 Å². The van der Waals surface area contributed by atoms with Crippen molar-refractivity contribution in [2.24, 2.45) is 0 Å². The van der Waals surface area contributed by atoms with Gasteiger partial charge in [0, 0.05) is 17.0 Å². The Morgan fingerprint density at radius 3 is 2.43 bits per heavy atom. The number of aromatic amines is 1. The van der Waals surface area contributed by atoms with Gasteiger partial charge in [0.05, 0.1) is 17.6 Å². The van der Waals surface area contributed by atoms with Gasteiger partial charge < -0.3 is 10.1 Å². The number of para-hydroxylation sites is 2. The van der Waals surface area contributed by atoms with Crippen LogP contribution < -0.4 is 5.56 Å². The van der Waals surface area contributed by atoms with Gasteiger partial charge in [0.2, 0.25) is 0 Å². The smallest absolute Gasteiger partial charge is 0.407 e. The number of nitrogens with zero attached hydrogens (tertiary/aromatic N) is 2. The summed E-state index contributed by atoms with van der Waals surface area (Å²) < 4.78 is 13.1. The largest absolute Gasteiger partial charge is 0.465 e. The zero-order valence-electron chi connectivity index (χ0n) is 20.3. The fraction of sp³-hybridized carbons (Fsp3) is 0.222. The highest BCUT2D eigenvalue weighted by Gasteiger charge is 2.24. The lowest BCUT2D eigenvalue weighted by atomic mass is 10.1. The van der Waals surface area contributed by atoms with E-state index in [2.05, 4.69) is 9.97 Å². The third kappa shape index (κ3) is 7.35. The molecule has 0 unspecified atom stereocenters. The highest BCUT2D eigenvalue weighted by atomic mass is 32.1. The number of hydrogen-bond acceptors (Lipinski definition) is 4. The van der Waals surface area contributed by atoms with Crippen molar-refractivity contribution in [3.8, 4) is 0 Å². The summed E-state index contributed by atoms with van der Waals surface area (Å²) in [6, 6.07) is 16.2. The number of thiophene rings is 1. The minimum atomic E-state index is -1.00. The van der Waals surface area contributed by atoms with Crippen LogP contribution in [-0.2, 0) is 13.1 Å². The molecule has 3 heterocycles. The number of benzene rings is 2. The topological polar surface area (TPSA) is 86.3 Å². The third-order valence-corrected chi connectivity index (χ3v) is 5.61. The Bertz CT molecular complexity index is 1320. The third-order valence-electron chi connectivity index (χ3n) is 4.77.